The molecule has 0 aromatic carbocycles. The fraction of sp³-hybridized carbons (Fsp3) is 0.636. The summed E-state index contributed by atoms with van der Waals surface area (Å²) < 4.78 is 0. The van der Waals surface area contributed by atoms with E-state index in [1.54, 1.807) is 6.92 Å². The van der Waals surface area contributed by atoms with E-state index in [4.69, 9.17) is 0 Å². The minimum Gasteiger partial charge on any atom is -0.233 e. The van der Waals surface area contributed by atoms with Gasteiger partial charge >= 0.3 is 0 Å². The molecule has 1 radical (unpaired) electrons. The Balaban J connectivity index is 0.000000202. The molecule has 0 N–H and O–H groups in total. The summed E-state index contributed by atoms with van der Waals surface area (Å²) in [7, 11) is 0. The normalized spacial score (nSPS) is 16.6. The van der Waals surface area contributed by atoms with Gasteiger partial charge in [-0.25, -0.2) is 5.11 Å². The van der Waals surface area contributed by atoms with Crippen LogP contribution in [0, 0.1) is 0 Å². The predicted octanol–water partition coefficient (Wildman–Crippen LogP) is 3.50. The monoisotopic (exact) mass is 167 g/mol. The summed E-state index contributed by atoms with van der Waals surface area (Å²) in [4.78, 5) is 0. The molecular formula is C11H19O. The molecule has 0 saturated heterocycles. The van der Waals surface area contributed by atoms with E-state index >= 15 is 0 Å². The summed E-state index contributed by atoms with van der Waals surface area (Å²) in [5, 5.41) is 10.1. The van der Waals surface area contributed by atoms with E-state index in [0.717, 1.165) is 12.8 Å². The molecule has 0 bridgehead atoms. The molecule has 0 amide bonds. The van der Waals surface area contributed by atoms with E-state index in [2.05, 4.69) is 24.3 Å². The zero-order valence-electron chi connectivity index (χ0n) is 8.12. The van der Waals surface area contributed by atoms with Crippen molar-refractivity contribution < 1.29 is 5.11 Å². The second kappa shape index (κ2) is 8.54. The van der Waals surface area contributed by atoms with Crippen molar-refractivity contribution >= 4 is 0 Å². The third kappa shape index (κ3) is 9.44. The van der Waals surface area contributed by atoms with Crippen LogP contribution < -0.4 is 0 Å². The first-order chi connectivity index (χ1) is 5.77. The Labute approximate surface area is 75.8 Å². The van der Waals surface area contributed by atoms with Gasteiger partial charge in [0.25, 0.3) is 0 Å². The lowest BCUT2D eigenvalue weighted by atomic mass is 10.2. The van der Waals surface area contributed by atoms with Gasteiger partial charge in [0.2, 0.25) is 0 Å². The van der Waals surface area contributed by atoms with E-state index in [1.165, 1.54) is 12.8 Å². The Hall–Kier alpha value is -0.560. The molecule has 1 atom stereocenters. The van der Waals surface area contributed by atoms with Crippen molar-refractivity contribution in [1.29, 1.82) is 0 Å². The summed E-state index contributed by atoms with van der Waals surface area (Å²) in [5.74, 6) is 0. The van der Waals surface area contributed by atoms with Crippen molar-refractivity contribution in [2.75, 3.05) is 0 Å². The van der Waals surface area contributed by atoms with Gasteiger partial charge in [-0.05, 0) is 26.2 Å². The molecule has 0 aromatic rings. The van der Waals surface area contributed by atoms with Crippen LogP contribution >= 0.6 is 0 Å². The van der Waals surface area contributed by atoms with Crippen LogP contribution in [-0.4, -0.2) is 6.10 Å². The van der Waals surface area contributed by atoms with Crippen molar-refractivity contribution in [1.82, 2.24) is 0 Å². The van der Waals surface area contributed by atoms with E-state index < -0.39 is 0 Å². The molecule has 0 aromatic heterocycles. The Bertz CT molecular complexity index is 122. The zero-order chi connectivity index (χ0) is 9.23. The second-order valence-electron chi connectivity index (χ2n) is 3.03. The fourth-order valence-corrected chi connectivity index (χ4v) is 0.949. The third-order valence-corrected chi connectivity index (χ3v) is 1.58. The molecular weight excluding hydrogens is 148 g/mol. The maximum atomic E-state index is 10.1. The van der Waals surface area contributed by atoms with Crippen LogP contribution in [0.2, 0.25) is 0 Å². The number of hydrogen-bond acceptors (Lipinski definition) is 0. The van der Waals surface area contributed by atoms with E-state index in [9.17, 15) is 5.11 Å². The van der Waals surface area contributed by atoms with Crippen LogP contribution in [0.5, 0.6) is 0 Å². The van der Waals surface area contributed by atoms with Gasteiger partial charge in [-0.3, -0.25) is 0 Å². The van der Waals surface area contributed by atoms with Crippen molar-refractivity contribution in [3.63, 3.8) is 0 Å². The lowest BCUT2D eigenvalue weighted by Gasteiger charge is -1.92. The molecule has 0 fully saturated rings. The Morgan fingerprint density at radius 2 is 1.75 bits per heavy atom. The number of rotatable bonds is 2. The third-order valence-electron chi connectivity index (χ3n) is 1.58. The topological polar surface area (TPSA) is 19.9 Å². The molecule has 1 heteroatoms. The van der Waals surface area contributed by atoms with Crippen LogP contribution in [-0.2, 0) is 5.11 Å². The quantitative estimate of drug-likeness (QED) is 0.600. The summed E-state index contributed by atoms with van der Waals surface area (Å²) in [5.41, 5.74) is 0. The highest BCUT2D eigenvalue weighted by Gasteiger charge is 1.90. The molecule has 69 valence electrons. The zero-order valence-corrected chi connectivity index (χ0v) is 8.12. The molecule has 1 nitrogen and oxygen atoms in total. The summed E-state index contributed by atoms with van der Waals surface area (Å²) in [6.07, 6.45) is 12.5. The predicted molar refractivity (Wildman–Crippen MR) is 52.6 cm³/mol. The molecule has 0 aliphatic heterocycles. The van der Waals surface area contributed by atoms with Crippen molar-refractivity contribution in [2.45, 2.75) is 45.6 Å². The van der Waals surface area contributed by atoms with E-state index in [0.29, 0.717) is 0 Å². The highest BCUT2D eigenvalue weighted by atomic mass is 16.3. The molecule has 12 heavy (non-hydrogen) atoms. The van der Waals surface area contributed by atoms with Crippen molar-refractivity contribution in [2.24, 2.45) is 0 Å². The van der Waals surface area contributed by atoms with Crippen LogP contribution in [0.1, 0.15) is 39.5 Å². The summed E-state index contributed by atoms with van der Waals surface area (Å²) >= 11 is 0. The first-order valence-electron chi connectivity index (χ1n) is 4.74. The van der Waals surface area contributed by atoms with Gasteiger partial charge in [-0.2, -0.15) is 0 Å². The van der Waals surface area contributed by atoms with Gasteiger partial charge in [-0.1, -0.05) is 37.6 Å². The highest BCUT2D eigenvalue weighted by Crippen LogP contribution is 1.98. The van der Waals surface area contributed by atoms with Gasteiger partial charge < -0.3 is 0 Å². The Morgan fingerprint density at radius 1 is 1.25 bits per heavy atom. The molecule has 1 aliphatic rings. The van der Waals surface area contributed by atoms with E-state index in [-0.39, 0.29) is 6.10 Å². The maximum absolute atomic E-state index is 10.1. The molecule has 1 unspecified atom stereocenters. The van der Waals surface area contributed by atoms with Crippen LogP contribution in [0.25, 0.3) is 0 Å². The number of allylic oxidation sites excluding steroid dienone is 4. The van der Waals surface area contributed by atoms with Crippen molar-refractivity contribution in [3.05, 3.63) is 24.3 Å². The lowest BCUT2D eigenvalue weighted by molar-refractivity contribution is 0.0970. The van der Waals surface area contributed by atoms with Crippen LogP contribution in [0.15, 0.2) is 24.3 Å². The van der Waals surface area contributed by atoms with Gasteiger partial charge in [0.05, 0.1) is 6.10 Å². The second-order valence-corrected chi connectivity index (χ2v) is 3.03. The first kappa shape index (κ1) is 11.4. The fourth-order valence-electron chi connectivity index (χ4n) is 0.949. The summed E-state index contributed by atoms with van der Waals surface area (Å²) in [6.45, 7) is 3.72. The maximum Gasteiger partial charge on any atom is 0.0902 e. The SMILES string of the molecule is C1=CCCC=C1.CCCC(C)[O]. The minimum absolute atomic E-state index is 0.352. The molecule has 0 spiro atoms. The molecule has 1 rings (SSSR count). The van der Waals surface area contributed by atoms with Gasteiger partial charge in [-0.15, -0.1) is 0 Å². The average Bonchev–Trinajstić information content (AvgIpc) is 2.08. The standard InChI is InChI=1S/C6H8.C5H11O/c1-2-4-6-5-3-1;1-3-4-5(2)6/h1-4H,5-6H2;5H,3-4H2,1-2H3. The number of hydrogen-bond donors (Lipinski definition) is 0. The average molecular weight is 167 g/mol. The first-order valence-corrected chi connectivity index (χ1v) is 4.74. The smallest absolute Gasteiger partial charge is 0.0902 e. The van der Waals surface area contributed by atoms with E-state index in [1.807, 2.05) is 6.92 Å². The molecule has 0 saturated carbocycles. The molecule has 0 heterocycles. The highest BCUT2D eigenvalue weighted by molar-refractivity contribution is 5.07. The van der Waals surface area contributed by atoms with Crippen molar-refractivity contribution in [3.8, 4) is 0 Å². The Kier molecular flexibility index (Phi) is 8.14. The van der Waals surface area contributed by atoms with Gasteiger partial charge in [0.15, 0.2) is 0 Å². The van der Waals surface area contributed by atoms with Gasteiger partial charge in [0, 0.05) is 0 Å². The van der Waals surface area contributed by atoms with Crippen LogP contribution in [0.3, 0.4) is 0 Å². The lowest BCUT2D eigenvalue weighted by Crippen LogP contribution is -1.93. The Morgan fingerprint density at radius 3 is 1.83 bits per heavy atom. The minimum atomic E-state index is -0.352. The largest absolute Gasteiger partial charge is 0.233 e. The van der Waals surface area contributed by atoms with Gasteiger partial charge in [0.1, 0.15) is 0 Å². The summed E-state index contributed by atoms with van der Waals surface area (Å²) in [6, 6.07) is 0. The molecule has 1 aliphatic carbocycles. The van der Waals surface area contributed by atoms with Crippen LogP contribution in [0.4, 0.5) is 0 Å².